The van der Waals surface area contributed by atoms with Gasteiger partial charge in [-0.2, -0.15) is 5.10 Å². The second-order valence-corrected chi connectivity index (χ2v) is 4.46. The number of benzene rings is 1. The van der Waals surface area contributed by atoms with Crippen molar-refractivity contribution in [2.24, 2.45) is 5.10 Å². The molecule has 0 radical (unpaired) electrons. The van der Waals surface area contributed by atoms with Crippen LogP contribution in [0.1, 0.15) is 12.8 Å². The Morgan fingerprint density at radius 2 is 2.10 bits per heavy atom. The van der Waals surface area contributed by atoms with Crippen LogP contribution in [0, 0.1) is 0 Å². The van der Waals surface area contributed by atoms with Gasteiger partial charge in [-0.25, -0.2) is 5.43 Å². The summed E-state index contributed by atoms with van der Waals surface area (Å²) in [6.45, 7) is 0. The molecule has 0 spiro atoms. The molecule has 0 unspecified atom stereocenters. The molecule has 20 heavy (non-hydrogen) atoms. The molecule has 3 rings (SSSR count). The molecule has 6 heteroatoms. The number of aromatic nitrogens is 1. The van der Waals surface area contributed by atoms with Crippen molar-refractivity contribution < 1.29 is 9.59 Å². The van der Waals surface area contributed by atoms with E-state index >= 15 is 0 Å². The van der Waals surface area contributed by atoms with E-state index in [9.17, 15) is 9.59 Å². The van der Waals surface area contributed by atoms with Gasteiger partial charge >= 0.3 is 0 Å². The number of fused-ring (bicyclic) bond motifs is 1. The normalized spacial score (nSPS) is 14.6. The molecule has 6 nitrogen and oxygen atoms in total. The number of hydrogen-bond acceptors (Lipinski definition) is 4. The van der Waals surface area contributed by atoms with E-state index in [-0.39, 0.29) is 18.2 Å². The Hall–Kier alpha value is -2.76. The molecule has 100 valence electrons. The van der Waals surface area contributed by atoms with Crippen molar-refractivity contribution >= 4 is 34.1 Å². The van der Waals surface area contributed by atoms with Gasteiger partial charge in [-0.05, 0) is 12.1 Å². The molecule has 0 atom stereocenters. The highest BCUT2D eigenvalue weighted by atomic mass is 16.2. The zero-order chi connectivity index (χ0) is 13.9. The molecule has 0 saturated heterocycles. The number of para-hydroxylation sites is 1. The van der Waals surface area contributed by atoms with E-state index in [1.54, 1.807) is 6.20 Å². The lowest BCUT2D eigenvalue weighted by molar-refractivity contribution is -0.121. The first-order valence-corrected chi connectivity index (χ1v) is 6.24. The van der Waals surface area contributed by atoms with Gasteiger partial charge in [-0.15, -0.1) is 0 Å². The Balaban J connectivity index is 1.79. The van der Waals surface area contributed by atoms with Crippen LogP contribution in [-0.4, -0.2) is 22.5 Å². The highest BCUT2D eigenvalue weighted by molar-refractivity contribution is 6.43. The first kappa shape index (κ1) is 12.3. The highest BCUT2D eigenvalue weighted by Crippen LogP contribution is 2.16. The Morgan fingerprint density at radius 1 is 1.25 bits per heavy atom. The SMILES string of the molecule is O=C1CCC(C(=O)Nc2cnc3ccccc3c2)=NN1. The summed E-state index contributed by atoms with van der Waals surface area (Å²) in [6.07, 6.45) is 2.23. The fraction of sp³-hybridized carbons (Fsp3) is 0.143. The summed E-state index contributed by atoms with van der Waals surface area (Å²) in [5.74, 6) is -0.490. The predicted octanol–water partition coefficient (Wildman–Crippen LogP) is 1.44. The fourth-order valence-corrected chi connectivity index (χ4v) is 1.98. The van der Waals surface area contributed by atoms with E-state index in [2.05, 4.69) is 20.8 Å². The van der Waals surface area contributed by atoms with Crippen LogP contribution < -0.4 is 10.7 Å². The average molecular weight is 268 g/mol. The summed E-state index contributed by atoms with van der Waals surface area (Å²) in [7, 11) is 0. The molecule has 2 aromatic rings. The summed E-state index contributed by atoms with van der Waals surface area (Å²) < 4.78 is 0. The first-order valence-electron chi connectivity index (χ1n) is 6.24. The van der Waals surface area contributed by atoms with Gasteiger partial charge in [0, 0.05) is 18.2 Å². The molecule has 0 aliphatic carbocycles. The Morgan fingerprint density at radius 3 is 2.90 bits per heavy atom. The van der Waals surface area contributed by atoms with Crippen molar-refractivity contribution in [3.05, 3.63) is 36.5 Å². The molecule has 2 N–H and O–H groups in total. The third kappa shape index (κ3) is 2.49. The second kappa shape index (κ2) is 5.08. The minimum Gasteiger partial charge on any atom is -0.319 e. The van der Waals surface area contributed by atoms with Crippen molar-refractivity contribution in [2.45, 2.75) is 12.8 Å². The van der Waals surface area contributed by atoms with Crippen molar-refractivity contribution in [1.82, 2.24) is 10.4 Å². The van der Waals surface area contributed by atoms with Crippen molar-refractivity contribution in [3.8, 4) is 0 Å². The van der Waals surface area contributed by atoms with E-state index in [0.29, 0.717) is 17.8 Å². The maximum Gasteiger partial charge on any atom is 0.271 e. The van der Waals surface area contributed by atoms with Gasteiger partial charge in [0.15, 0.2) is 0 Å². The summed E-state index contributed by atoms with van der Waals surface area (Å²) in [5, 5.41) is 7.44. The molecule has 2 amide bonds. The smallest absolute Gasteiger partial charge is 0.271 e. The van der Waals surface area contributed by atoms with Crippen LogP contribution in [0.15, 0.2) is 41.6 Å². The van der Waals surface area contributed by atoms with Crippen LogP contribution in [0.4, 0.5) is 5.69 Å². The van der Waals surface area contributed by atoms with E-state index < -0.39 is 0 Å². The summed E-state index contributed by atoms with van der Waals surface area (Å²) in [6, 6.07) is 9.50. The number of amides is 2. The quantitative estimate of drug-likeness (QED) is 0.864. The van der Waals surface area contributed by atoms with Crippen molar-refractivity contribution in [3.63, 3.8) is 0 Å². The molecule has 1 aromatic heterocycles. The number of nitrogens with zero attached hydrogens (tertiary/aromatic N) is 2. The largest absolute Gasteiger partial charge is 0.319 e. The number of hydrogen-bond donors (Lipinski definition) is 2. The number of rotatable bonds is 2. The van der Waals surface area contributed by atoms with Crippen LogP contribution >= 0.6 is 0 Å². The van der Waals surface area contributed by atoms with Crippen molar-refractivity contribution in [2.75, 3.05) is 5.32 Å². The third-order valence-corrected chi connectivity index (χ3v) is 3.01. The molecule has 0 saturated carbocycles. The number of carbonyl (C=O) groups excluding carboxylic acids is 2. The molecule has 2 heterocycles. The maximum absolute atomic E-state index is 12.0. The second-order valence-electron chi connectivity index (χ2n) is 4.46. The number of nitrogens with one attached hydrogen (secondary N) is 2. The molecule has 1 aliphatic rings. The van der Waals surface area contributed by atoms with Crippen LogP contribution in [0.3, 0.4) is 0 Å². The van der Waals surface area contributed by atoms with Gasteiger partial charge in [0.25, 0.3) is 5.91 Å². The van der Waals surface area contributed by atoms with E-state index in [1.807, 2.05) is 30.3 Å². The minimum atomic E-state index is -0.318. The number of anilines is 1. The van der Waals surface area contributed by atoms with Crippen molar-refractivity contribution in [1.29, 1.82) is 0 Å². The monoisotopic (exact) mass is 268 g/mol. The zero-order valence-electron chi connectivity index (χ0n) is 10.6. The third-order valence-electron chi connectivity index (χ3n) is 3.01. The van der Waals surface area contributed by atoms with Crippen LogP contribution in [0.5, 0.6) is 0 Å². The maximum atomic E-state index is 12.0. The summed E-state index contributed by atoms with van der Waals surface area (Å²) in [4.78, 5) is 27.2. The lowest BCUT2D eigenvalue weighted by Gasteiger charge is -2.12. The average Bonchev–Trinajstić information content (AvgIpc) is 2.48. The number of carbonyl (C=O) groups is 2. The van der Waals surface area contributed by atoms with Gasteiger partial charge in [0.1, 0.15) is 5.71 Å². The van der Waals surface area contributed by atoms with E-state index in [1.165, 1.54) is 0 Å². The van der Waals surface area contributed by atoms with Crippen LogP contribution in [0.25, 0.3) is 10.9 Å². The molecule has 1 aliphatic heterocycles. The van der Waals surface area contributed by atoms with Gasteiger partial charge in [-0.1, -0.05) is 18.2 Å². The van der Waals surface area contributed by atoms with E-state index in [0.717, 1.165) is 10.9 Å². The summed E-state index contributed by atoms with van der Waals surface area (Å²) in [5.41, 5.74) is 4.09. The standard InChI is InChI=1S/C14H12N4O2/c19-13-6-5-12(17-18-13)14(20)16-10-7-9-3-1-2-4-11(9)15-8-10/h1-4,7-8H,5-6H2,(H,16,20)(H,18,19). The molecule has 1 aromatic carbocycles. The lowest BCUT2D eigenvalue weighted by Crippen LogP contribution is -2.32. The van der Waals surface area contributed by atoms with Gasteiger partial charge in [0.05, 0.1) is 17.4 Å². The number of hydrazone groups is 1. The molecular formula is C14H12N4O2. The van der Waals surface area contributed by atoms with Gasteiger partial charge in [0.2, 0.25) is 5.91 Å². The van der Waals surface area contributed by atoms with Crippen LogP contribution in [-0.2, 0) is 9.59 Å². The lowest BCUT2D eigenvalue weighted by atomic mass is 10.1. The minimum absolute atomic E-state index is 0.172. The molecule has 0 fully saturated rings. The highest BCUT2D eigenvalue weighted by Gasteiger charge is 2.18. The summed E-state index contributed by atoms with van der Waals surface area (Å²) >= 11 is 0. The molecular weight excluding hydrogens is 256 g/mol. The Bertz CT molecular complexity index is 724. The Labute approximate surface area is 114 Å². The first-order chi connectivity index (χ1) is 9.72. The topological polar surface area (TPSA) is 83.5 Å². The zero-order valence-corrected chi connectivity index (χ0v) is 10.6. The Kier molecular flexibility index (Phi) is 3.12. The fourth-order valence-electron chi connectivity index (χ4n) is 1.98. The van der Waals surface area contributed by atoms with Gasteiger partial charge in [-0.3, -0.25) is 14.6 Å². The van der Waals surface area contributed by atoms with Gasteiger partial charge < -0.3 is 5.32 Å². The predicted molar refractivity (Wildman–Crippen MR) is 75.2 cm³/mol. The van der Waals surface area contributed by atoms with Crippen LogP contribution in [0.2, 0.25) is 0 Å². The number of pyridine rings is 1. The van der Waals surface area contributed by atoms with E-state index in [4.69, 9.17) is 0 Å². The molecule has 0 bridgehead atoms.